The topological polar surface area (TPSA) is 102 Å². The summed E-state index contributed by atoms with van der Waals surface area (Å²) in [6.45, 7) is 4.23. The monoisotopic (exact) mass is 396 g/mol. The van der Waals surface area contributed by atoms with Gasteiger partial charge in [0.2, 0.25) is 5.91 Å². The highest BCUT2D eigenvalue weighted by Gasteiger charge is 2.18. The summed E-state index contributed by atoms with van der Waals surface area (Å²) >= 11 is 1.22. The number of para-hydroxylation sites is 1. The van der Waals surface area contributed by atoms with Gasteiger partial charge in [0.1, 0.15) is 0 Å². The van der Waals surface area contributed by atoms with Gasteiger partial charge in [0.05, 0.1) is 11.4 Å². The van der Waals surface area contributed by atoms with Crippen LogP contribution in [-0.4, -0.2) is 44.0 Å². The number of carbonyl (C=O) groups excluding carboxylic acids is 2. The van der Waals surface area contributed by atoms with Crippen LogP contribution < -0.4 is 10.6 Å². The van der Waals surface area contributed by atoms with E-state index >= 15 is 0 Å². The Balaban J connectivity index is 1.90. The smallest absolute Gasteiger partial charge is 0.321 e. The molecule has 2 N–H and O–H groups in total. The second-order valence-corrected chi connectivity index (χ2v) is 6.80. The summed E-state index contributed by atoms with van der Waals surface area (Å²) in [5.74, 6) is 0.293. The van der Waals surface area contributed by atoms with Gasteiger partial charge < -0.3 is 5.32 Å². The number of urea groups is 1. The molecule has 0 atom stereocenters. The fraction of sp³-hybridized carbons (Fsp3) is 0.211. The first-order chi connectivity index (χ1) is 13.6. The molecule has 9 heteroatoms. The van der Waals surface area contributed by atoms with Crippen molar-refractivity contribution in [3.63, 3.8) is 0 Å². The van der Waals surface area contributed by atoms with Crippen molar-refractivity contribution < 1.29 is 9.59 Å². The minimum Gasteiger partial charge on any atom is -0.338 e. The predicted octanol–water partition coefficient (Wildman–Crippen LogP) is 2.58. The lowest BCUT2D eigenvalue weighted by atomic mass is 10.2. The first kappa shape index (κ1) is 19.6. The lowest BCUT2D eigenvalue weighted by Gasteiger charge is -2.12. The van der Waals surface area contributed by atoms with Gasteiger partial charge in [-0.3, -0.25) is 19.7 Å². The fourth-order valence-electron chi connectivity index (χ4n) is 2.58. The van der Waals surface area contributed by atoms with Crippen LogP contribution in [-0.2, 0) is 4.79 Å². The van der Waals surface area contributed by atoms with Crippen molar-refractivity contribution in [3.05, 3.63) is 54.4 Å². The molecule has 2 aromatic heterocycles. The Morgan fingerprint density at radius 2 is 1.86 bits per heavy atom. The molecular weight excluding hydrogens is 376 g/mol. The van der Waals surface area contributed by atoms with E-state index in [1.807, 2.05) is 47.9 Å². The maximum absolute atomic E-state index is 12.0. The predicted molar refractivity (Wildman–Crippen MR) is 107 cm³/mol. The molecule has 8 nitrogen and oxygen atoms in total. The van der Waals surface area contributed by atoms with Gasteiger partial charge in [-0.05, 0) is 37.6 Å². The van der Waals surface area contributed by atoms with E-state index in [2.05, 4.69) is 25.8 Å². The van der Waals surface area contributed by atoms with E-state index in [0.29, 0.717) is 17.5 Å². The maximum Gasteiger partial charge on any atom is 0.321 e. The molecule has 0 aliphatic rings. The van der Waals surface area contributed by atoms with Crippen LogP contribution in [0.15, 0.2) is 53.9 Å². The van der Waals surface area contributed by atoms with Gasteiger partial charge in [0.15, 0.2) is 11.0 Å². The summed E-state index contributed by atoms with van der Waals surface area (Å²) in [6.07, 6.45) is 3.39. The number of carbonyl (C=O) groups is 2. The molecular formula is C19H20N6O2S. The Morgan fingerprint density at radius 1 is 1.11 bits per heavy atom. The van der Waals surface area contributed by atoms with Crippen LogP contribution in [0, 0.1) is 6.92 Å². The van der Waals surface area contributed by atoms with Crippen molar-refractivity contribution in [2.75, 3.05) is 12.3 Å². The molecule has 144 valence electrons. The van der Waals surface area contributed by atoms with Crippen LogP contribution in [0.3, 0.4) is 0 Å². The number of aryl methyl sites for hydroxylation is 1. The quantitative estimate of drug-likeness (QED) is 0.621. The molecule has 1 aromatic carbocycles. The number of thioether (sulfide) groups is 1. The fourth-order valence-corrected chi connectivity index (χ4v) is 3.33. The zero-order chi connectivity index (χ0) is 19.9. The van der Waals surface area contributed by atoms with Gasteiger partial charge in [-0.1, -0.05) is 30.0 Å². The number of nitrogens with zero attached hydrogens (tertiary/aromatic N) is 4. The Morgan fingerprint density at radius 3 is 2.57 bits per heavy atom. The van der Waals surface area contributed by atoms with E-state index in [1.54, 1.807) is 19.3 Å². The molecule has 3 aromatic rings. The van der Waals surface area contributed by atoms with Crippen LogP contribution in [0.5, 0.6) is 0 Å². The van der Waals surface area contributed by atoms with Gasteiger partial charge in [0.25, 0.3) is 0 Å². The highest BCUT2D eigenvalue weighted by molar-refractivity contribution is 7.99. The van der Waals surface area contributed by atoms with Gasteiger partial charge in [-0.2, -0.15) is 0 Å². The zero-order valence-corrected chi connectivity index (χ0v) is 16.4. The van der Waals surface area contributed by atoms with E-state index in [4.69, 9.17) is 0 Å². The summed E-state index contributed by atoms with van der Waals surface area (Å²) in [4.78, 5) is 27.6. The largest absolute Gasteiger partial charge is 0.338 e. The van der Waals surface area contributed by atoms with E-state index in [1.165, 1.54) is 11.8 Å². The Hall–Kier alpha value is -3.20. The van der Waals surface area contributed by atoms with Crippen molar-refractivity contribution in [3.8, 4) is 17.1 Å². The average Bonchev–Trinajstić information content (AvgIpc) is 3.11. The average molecular weight is 396 g/mol. The van der Waals surface area contributed by atoms with Gasteiger partial charge in [-0.15, -0.1) is 10.2 Å². The summed E-state index contributed by atoms with van der Waals surface area (Å²) in [5.41, 5.74) is 2.83. The molecule has 0 bridgehead atoms. The van der Waals surface area contributed by atoms with Crippen LogP contribution in [0.25, 0.3) is 17.1 Å². The van der Waals surface area contributed by atoms with Crippen molar-refractivity contribution in [2.45, 2.75) is 19.0 Å². The third kappa shape index (κ3) is 4.55. The molecule has 0 saturated carbocycles. The Labute approximate surface area is 166 Å². The number of pyridine rings is 1. The summed E-state index contributed by atoms with van der Waals surface area (Å²) in [5, 5.41) is 14.0. The highest BCUT2D eigenvalue weighted by Crippen LogP contribution is 2.29. The van der Waals surface area contributed by atoms with Crippen LogP contribution in [0.4, 0.5) is 4.79 Å². The number of amides is 3. The third-order valence-electron chi connectivity index (χ3n) is 3.85. The minimum absolute atomic E-state index is 0.0392. The molecule has 3 amide bonds. The number of hydrogen-bond acceptors (Lipinski definition) is 6. The van der Waals surface area contributed by atoms with Crippen molar-refractivity contribution in [2.24, 2.45) is 0 Å². The molecule has 3 rings (SSSR count). The number of nitrogens with one attached hydrogen (secondary N) is 2. The molecule has 0 spiro atoms. The Bertz CT molecular complexity index is 974. The summed E-state index contributed by atoms with van der Waals surface area (Å²) < 4.78 is 1.91. The molecule has 0 fully saturated rings. The first-order valence-electron chi connectivity index (χ1n) is 8.72. The van der Waals surface area contributed by atoms with E-state index in [0.717, 1.165) is 16.8 Å². The highest BCUT2D eigenvalue weighted by atomic mass is 32.2. The summed E-state index contributed by atoms with van der Waals surface area (Å²) in [6, 6.07) is 11.1. The van der Waals surface area contributed by atoms with Gasteiger partial charge in [-0.25, -0.2) is 4.79 Å². The van der Waals surface area contributed by atoms with E-state index in [9.17, 15) is 9.59 Å². The van der Waals surface area contributed by atoms with Crippen molar-refractivity contribution >= 4 is 23.7 Å². The molecule has 0 saturated heterocycles. The number of hydrogen-bond donors (Lipinski definition) is 2. The SMILES string of the molecule is CCNC(=O)NC(=O)CSc1nnc(-c2ccncc2)n1-c1ccccc1C. The van der Waals surface area contributed by atoms with Gasteiger partial charge in [0, 0.05) is 24.5 Å². The van der Waals surface area contributed by atoms with Crippen LogP contribution in [0.2, 0.25) is 0 Å². The van der Waals surface area contributed by atoms with Gasteiger partial charge >= 0.3 is 6.03 Å². The molecule has 0 unspecified atom stereocenters. The summed E-state index contributed by atoms with van der Waals surface area (Å²) in [7, 11) is 0. The van der Waals surface area contributed by atoms with Crippen LogP contribution in [0.1, 0.15) is 12.5 Å². The third-order valence-corrected chi connectivity index (χ3v) is 4.78. The molecule has 0 aliphatic carbocycles. The number of benzene rings is 1. The Kier molecular flexibility index (Phi) is 6.38. The van der Waals surface area contributed by atoms with Crippen LogP contribution >= 0.6 is 11.8 Å². The van der Waals surface area contributed by atoms with E-state index < -0.39 is 11.9 Å². The van der Waals surface area contributed by atoms with Crippen molar-refractivity contribution in [1.82, 2.24) is 30.4 Å². The molecule has 28 heavy (non-hydrogen) atoms. The second-order valence-electron chi connectivity index (χ2n) is 5.86. The molecule has 0 radical (unpaired) electrons. The lowest BCUT2D eigenvalue weighted by Crippen LogP contribution is -2.40. The zero-order valence-electron chi connectivity index (χ0n) is 15.5. The number of imide groups is 1. The molecule has 0 aliphatic heterocycles. The number of rotatable bonds is 6. The van der Waals surface area contributed by atoms with Crippen molar-refractivity contribution in [1.29, 1.82) is 0 Å². The second kappa shape index (κ2) is 9.14. The normalized spacial score (nSPS) is 10.5. The number of aromatic nitrogens is 4. The lowest BCUT2D eigenvalue weighted by molar-refractivity contribution is -0.117. The standard InChI is InChI=1S/C19H20N6O2S/c1-3-21-18(27)22-16(26)12-28-19-24-23-17(14-8-10-20-11-9-14)25(19)15-7-5-4-6-13(15)2/h4-11H,3,12H2,1-2H3,(H2,21,22,26,27). The first-order valence-corrected chi connectivity index (χ1v) is 9.71. The van der Waals surface area contributed by atoms with E-state index in [-0.39, 0.29) is 5.75 Å². The molecule has 2 heterocycles. The minimum atomic E-state index is -0.508. The maximum atomic E-state index is 12.0.